The molecule has 0 radical (unpaired) electrons. The quantitative estimate of drug-likeness (QED) is 0.0424. The minimum atomic E-state index is -2.96. The maximum absolute atomic E-state index is 16.3. The lowest BCUT2D eigenvalue weighted by Gasteiger charge is -2.29. The molecule has 19 heteroatoms. The molecule has 0 aliphatic heterocycles. The van der Waals surface area contributed by atoms with Crippen molar-refractivity contribution >= 4 is 121 Å². The Labute approximate surface area is 518 Å². The molecule has 9 aromatic rings. The lowest BCUT2D eigenvalue weighted by molar-refractivity contribution is -0.167. The van der Waals surface area contributed by atoms with E-state index in [0.717, 1.165) is 34.0 Å². The first-order chi connectivity index (χ1) is 43.4. The largest absolute Gasteiger partial charge is 0.459 e. The van der Waals surface area contributed by atoms with Crippen molar-refractivity contribution in [3.05, 3.63) is 259 Å². The molecule has 0 spiro atoms. The Morgan fingerprint density at radius 2 is 0.820 bits per heavy atom. The zero-order valence-electron chi connectivity index (χ0n) is 46.1. The smallest absolute Gasteiger partial charge is 0.334 e. The number of carbonyl (C=O) groups excluding carboxylic acids is 6. The highest BCUT2D eigenvalue weighted by Gasteiger charge is 2.71. The monoisotopic (exact) mass is 1220 g/mol. The summed E-state index contributed by atoms with van der Waals surface area (Å²) in [5.74, 6) is -6.27. The van der Waals surface area contributed by atoms with Gasteiger partial charge in [0, 0.05) is 43.0 Å². The molecule has 0 unspecified atom stereocenters. The Balaban J connectivity index is 1.10. The van der Waals surface area contributed by atoms with E-state index >= 15 is 19.2 Å². The Morgan fingerprint density at radius 1 is 0.438 bits per heavy atom. The van der Waals surface area contributed by atoms with Gasteiger partial charge in [-0.25, -0.2) is 9.98 Å². The first-order valence-electron chi connectivity index (χ1n) is 27.3. The normalized spacial score (nSPS) is 15.5. The summed E-state index contributed by atoms with van der Waals surface area (Å²) < 4.78 is 27.1. The molecule has 6 aromatic carbocycles. The summed E-state index contributed by atoms with van der Waals surface area (Å²) in [4.78, 5) is 104. The summed E-state index contributed by atoms with van der Waals surface area (Å²) in [6, 6.07) is 56.5. The summed E-state index contributed by atoms with van der Waals surface area (Å²) in [7, 11) is 0. The number of thiophene rings is 3. The van der Waals surface area contributed by atoms with Crippen molar-refractivity contribution in [3.8, 4) is 24.3 Å². The molecule has 4 aliphatic carbocycles. The minimum absolute atomic E-state index is 0.0144. The van der Waals surface area contributed by atoms with E-state index in [1.807, 2.05) is 24.3 Å². The minimum Gasteiger partial charge on any atom is -0.459 e. The third-order valence-corrected chi connectivity index (χ3v) is 19.4. The molecule has 0 N–H and O–H groups in total. The van der Waals surface area contributed by atoms with Crippen molar-refractivity contribution in [1.82, 2.24) is 0 Å². The van der Waals surface area contributed by atoms with Crippen LogP contribution in [0.1, 0.15) is 64.5 Å². The lowest BCUT2D eigenvalue weighted by atomic mass is 9.77. The topological polar surface area (TPSA) is 259 Å². The molecule has 4 aliphatic rings. The Bertz CT molecular complexity index is 4820. The molecule has 0 amide bonds. The zero-order chi connectivity index (χ0) is 61.6. The highest BCUT2D eigenvalue weighted by atomic mass is 32.1. The van der Waals surface area contributed by atoms with Gasteiger partial charge in [0.2, 0.25) is 22.4 Å². The number of Topliss-reactive ketones (excluding diaryl/α,β-unsaturated/α-hetero) is 2. The number of fused-ring (bicyclic) bond motifs is 8. The zero-order valence-corrected chi connectivity index (χ0v) is 48.6. The third kappa shape index (κ3) is 9.21. The summed E-state index contributed by atoms with van der Waals surface area (Å²) in [5, 5.41) is 41.5. The molecular formula is C70H38N6O10S3. The van der Waals surface area contributed by atoms with Gasteiger partial charge < -0.3 is 18.9 Å². The van der Waals surface area contributed by atoms with Crippen molar-refractivity contribution in [3.63, 3.8) is 0 Å². The average molecular weight is 1220 g/mol. The van der Waals surface area contributed by atoms with Gasteiger partial charge in [-0.3, -0.25) is 28.8 Å². The number of hydrogen-bond donors (Lipinski definition) is 0. The van der Waals surface area contributed by atoms with E-state index in [0.29, 0.717) is 46.6 Å². The van der Waals surface area contributed by atoms with Gasteiger partial charge in [0.1, 0.15) is 78.3 Å². The number of aliphatic imine (C=N–C) groups is 2. The van der Waals surface area contributed by atoms with Gasteiger partial charge in [0.25, 0.3) is 0 Å². The van der Waals surface area contributed by atoms with Gasteiger partial charge in [-0.05, 0) is 51.1 Å². The molecule has 0 bridgehead atoms. The van der Waals surface area contributed by atoms with E-state index in [4.69, 9.17) is 28.9 Å². The van der Waals surface area contributed by atoms with Gasteiger partial charge in [-0.15, -0.1) is 34.0 Å². The maximum atomic E-state index is 16.3. The standard InChI is InChI=1S/C70H38N6O10S3/c71-31-43(32-72)53-45-25-13-15-27-47(45)59(77)57(53)75-51-29-49-55(70(51,67(81)85-37-41-21-9-3-10-22-41)68(82)86-38-42-23-11-4-12-24-42)62-56(69(49,65(79)83-35-39-17-5-1-6-18-39)66(80)84-36-40-19-7-2-8-20-40)63-64(89-62)61-50(87-63)30-52(88-61)76-58-54(44(33-73)34-74)46-26-14-16-28-48(46)60(58)78/h1-30H,35-38H2/b75-57-,76-58+. The summed E-state index contributed by atoms with van der Waals surface area (Å²) >= 11 is 3.27. The molecule has 13 rings (SSSR count). The van der Waals surface area contributed by atoms with Gasteiger partial charge >= 0.3 is 23.9 Å². The second kappa shape index (κ2) is 23.0. The van der Waals surface area contributed by atoms with Crippen molar-refractivity contribution in [2.45, 2.75) is 31.8 Å². The van der Waals surface area contributed by atoms with Crippen molar-refractivity contribution in [1.29, 1.82) is 21.0 Å². The molecule has 0 saturated carbocycles. The second-order valence-corrected chi connectivity index (χ2v) is 23.6. The number of nitriles is 4. The number of esters is 4. The first-order valence-corrected chi connectivity index (χ1v) is 29.8. The van der Waals surface area contributed by atoms with E-state index in [-0.39, 0.29) is 78.9 Å². The molecule has 426 valence electrons. The van der Waals surface area contributed by atoms with Crippen LogP contribution in [0.5, 0.6) is 0 Å². The van der Waals surface area contributed by atoms with Crippen LogP contribution in [0.3, 0.4) is 0 Å². The average Bonchev–Trinajstić information content (AvgIpc) is 1.49. The van der Waals surface area contributed by atoms with E-state index in [1.54, 1.807) is 164 Å². The number of hydrogen-bond acceptors (Lipinski definition) is 19. The van der Waals surface area contributed by atoms with E-state index in [2.05, 4.69) is 0 Å². The predicted octanol–water partition coefficient (Wildman–Crippen LogP) is 12.9. The van der Waals surface area contributed by atoms with Crippen molar-refractivity contribution < 1.29 is 47.7 Å². The van der Waals surface area contributed by atoms with Crippen LogP contribution < -0.4 is 0 Å². The SMILES string of the molecule is N#CC(C#N)=C1/C(=N/C2=CC3=C(c4sc5c(sc6cc(/N=C7/C(=O)c8ccccc8C7=C(C#N)C#N)sc65)c4C3(C(=O)OCc3ccccc3)C(=O)OCc3ccccc3)C2(C(=O)OCc2ccccc2)C(=O)OCc2ccccc2)C(=O)c2ccccc21. The van der Waals surface area contributed by atoms with Crippen LogP contribution in [0.4, 0.5) is 5.00 Å². The Morgan fingerprint density at radius 3 is 1.24 bits per heavy atom. The van der Waals surface area contributed by atoms with Gasteiger partial charge in [0.05, 0.1) is 19.8 Å². The number of benzene rings is 6. The third-order valence-electron chi connectivity index (χ3n) is 15.5. The van der Waals surface area contributed by atoms with Crippen LogP contribution in [0, 0.1) is 50.7 Å². The Kier molecular flexibility index (Phi) is 14.6. The highest BCUT2D eigenvalue weighted by Crippen LogP contribution is 2.67. The fourth-order valence-corrected chi connectivity index (χ4v) is 15.9. The van der Waals surface area contributed by atoms with Crippen LogP contribution in [0.15, 0.2) is 214 Å². The molecule has 3 heterocycles. The van der Waals surface area contributed by atoms with Crippen LogP contribution in [0.2, 0.25) is 0 Å². The van der Waals surface area contributed by atoms with Crippen LogP contribution in [-0.2, 0) is 70.0 Å². The number of rotatable bonds is 14. The fraction of sp³-hybridized carbons (Fsp3) is 0.0857. The Hall–Kier alpha value is -11.6. The summed E-state index contributed by atoms with van der Waals surface area (Å²) in [6.07, 6.45) is 1.21. The van der Waals surface area contributed by atoms with Gasteiger partial charge in [-0.1, -0.05) is 170 Å². The van der Waals surface area contributed by atoms with Crippen LogP contribution >= 0.6 is 34.0 Å². The van der Waals surface area contributed by atoms with E-state index < -0.39 is 76.5 Å². The van der Waals surface area contributed by atoms with Crippen LogP contribution in [0.25, 0.3) is 35.5 Å². The van der Waals surface area contributed by atoms with Crippen LogP contribution in [-0.4, -0.2) is 46.9 Å². The molecule has 3 aromatic heterocycles. The highest BCUT2D eigenvalue weighted by molar-refractivity contribution is 7.40. The number of ketones is 2. The first kappa shape index (κ1) is 56.5. The molecule has 89 heavy (non-hydrogen) atoms. The maximum Gasteiger partial charge on any atom is 0.334 e. The predicted molar refractivity (Wildman–Crippen MR) is 332 cm³/mol. The molecule has 16 nitrogen and oxygen atoms in total. The van der Waals surface area contributed by atoms with Gasteiger partial charge in [0.15, 0.2) is 0 Å². The number of ether oxygens (including phenoxy) is 4. The van der Waals surface area contributed by atoms with E-state index in [9.17, 15) is 30.6 Å². The second-order valence-electron chi connectivity index (χ2n) is 20.5. The fourth-order valence-electron chi connectivity index (χ4n) is 11.5. The number of nitrogens with zero attached hydrogens (tertiary/aromatic N) is 6. The van der Waals surface area contributed by atoms with Crippen molar-refractivity contribution in [2.24, 2.45) is 15.4 Å². The lowest BCUT2D eigenvalue weighted by Crippen LogP contribution is -2.46. The summed E-state index contributed by atoms with van der Waals surface area (Å²) in [6.45, 7) is -1.63. The number of carbonyl (C=O) groups is 6. The molecule has 0 atom stereocenters. The molecular weight excluding hydrogens is 1180 g/mol. The van der Waals surface area contributed by atoms with Crippen molar-refractivity contribution in [2.75, 3.05) is 0 Å². The number of allylic oxidation sites excluding steroid dienone is 5. The van der Waals surface area contributed by atoms with E-state index in [1.165, 1.54) is 18.2 Å². The van der Waals surface area contributed by atoms with Gasteiger partial charge in [-0.2, -0.15) is 21.0 Å². The molecule has 0 fully saturated rings. The molecule has 0 saturated heterocycles. The summed E-state index contributed by atoms with van der Waals surface area (Å²) in [5.41, 5.74) is -5.60.